The van der Waals surface area contributed by atoms with Crippen molar-refractivity contribution in [3.05, 3.63) is 0 Å². The van der Waals surface area contributed by atoms with Crippen molar-refractivity contribution < 1.29 is 17.9 Å². The summed E-state index contributed by atoms with van der Waals surface area (Å²) >= 11 is 0. The molecule has 0 aromatic carbocycles. The Hall–Kier alpha value is -0.580. The van der Waals surface area contributed by atoms with Crippen molar-refractivity contribution in [2.75, 3.05) is 12.4 Å². The zero-order valence-electron chi connectivity index (χ0n) is 9.78. The molecule has 1 spiro atoms. The number of sulfone groups is 1. The maximum atomic E-state index is 12.0. The molecule has 0 amide bonds. The topological polar surface area (TPSA) is 60.4 Å². The smallest absolute Gasteiger partial charge is 0.327 e. The molecule has 0 N–H and O–H groups in total. The van der Waals surface area contributed by atoms with E-state index in [2.05, 4.69) is 0 Å². The first-order chi connectivity index (χ1) is 7.41. The van der Waals surface area contributed by atoms with Crippen LogP contribution in [0.1, 0.15) is 39.5 Å². The molecule has 0 bridgehead atoms. The second kappa shape index (κ2) is 3.45. The van der Waals surface area contributed by atoms with Crippen molar-refractivity contribution in [2.24, 2.45) is 5.41 Å². The lowest BCUT2D eigenvalue weighted by atomic mass is 9.71. The summed E-state index contributed by atoms with van der Waals surface area (Å²) in [6.07, 6.45) is 3.09. The fourth-order valence-corrected chi connectivity index (χ4v) is 4.64. The van der Waals surface area contributed by atoms with Crippen LogP contribution in [0.15, 0.2) is 0 Å². The van der Waals surface area contributed by atoms with Crippen molar-refractivity contribution in [1.29, 1.82) is 0 Å². The van der Waals surface area contributed by atoms with Crippen molar-refractivity contribution in [3.63, 3.8) is 0 Å². The van der Waals surface area contributed by atoms with Gasteiger partial charge in [0.2, 0.25) is 0 Å². The van der Waals surface area contributed by atoms with Crippen LogP contribution in [0.5, 0.6) is 0 Å². The van der Waals surface area contributed by atoms with E-state index >= 15 is 0 Å². The fourth-order valence-electron chi connectivity index (χ4n) is 2.72. The molecule has 0 heterocycles. The summed E-state index contributed by atoms with van der Waals surface area (Å²) in [5.74, 6) is -0.517. The van der Waals surface area contributed by atoms with Crippen LogP contribution in [0.3, 0.4) is 0 Å². The number of esters is 1. The SMILES string of the molecule is CCOC(=O)C1(S(=O)(=O)CC)CC2(CC2)C1. The average Bonchev–Trinajstić information content (AvgIpc) is 2.94. The maximum Gasteiger partial charge on any atom is 0.327 e. The van der Waals surface area contributed by atoms with Gasteiger partial charge >= 0.3 is 5.97 Å². The fraction of sp³-hybridized carbons (Fsp3) is 0.909. The molecule has 0 unspecified atom stereocenters. The van der Waals surface area contributed by atoms with E-state index in [1.807, 2.05) is 0 Å². The van der Waals surface area contributed by atoms with Gasteiger partial charge in [0.1, 0.15) is 0 Å². The first kappa shape index (κ1) is 11.9. The molecule has 2 aliphatic rings. The van der Waals surface area contributed by atoms with Gasteiger partial charge in [-0.25, -0.2) is 8.42 Å². The molecular weight excluding hydrogens is 228 g/mol. The molecular formula is C11H18O4S. The first-order valence-corrected chi connectivity index (χ1v) is 7.46. The second-order valence-corrected chi connectivity index (χ2v) is 7.56. The molecule has 0 radical (unpaired) electrons. The number of hydrogen-bond donors (Lipinski definition) is 0. The van der Waals surface area contributed by atoms with E-state index in [1.54, 1.807) is 13.8 Å². The molecule has 0 atom stereocenters. The Morgan fingerprint density at radius 2 is 1.81 bits per heavy atom. The minimum atomic E-state index is -3.35. The zero-order chi connectivity index (χ0) is 12.0. The lowest BCUT2D eigenvalue weighted by Gasteiger charge is -2.45. The highest BCUT2D eigenvalue weighted by Gasteiger charge is 2.70. The van der Waals surface area contributed by atoms with Crippen LogP contribution in [0.25, 0.3) is 0 Å². The van der Waals surface area contributed by atoms with Gasteiger partial charge in [-0.15, -0.1) is 0 Å². The Kier molecular flexibility index (Phi) is 2.57. The number of hydrogen-bond acceptors (Lipinski definition) is 4. The minimum absolute atomic E-state index is 0.0158. The summed E-state index contributed by atoms with van der Waals surface area (Å²) in [7, 11) is -3.35. The van der Waals surface area contributed by atoms with Gasteiger partial charge in [-0.3, -0.25) is 4.79 Å². The van der Waals surface area contributed by atoms with Crippen LogP contribution in [-0.4, -0.2) is 31.5 Å². The van der Waals surface area contributed by atoms with Crippen molar-refractivity contribution >= 4 is 15.8 Å². The molecule has 2 aliphatic carbocycles. The average molecular weight is 246 g/mol. The Bertz CT molecular complexity index is 398. The quantitative estimate of drug-likeness (QED) is 0.701. The van der Waals surface area contributed by atoms with Gasteiger partial charge < -0.3 is 4.74 Å². The molecule has 2 saturated carbocycles. The van der Waals surface area contributed by atoms with Crippen LogP contribution in [0.2, 0.25) is 0 Å². The highest BCUT2D eigenvalue weighted by Crippen LogP contribution is 2.67. The van der Waals surface area contributed by atoms with Gasteiger partial charge in [0.15, 0.2) is 14.6 Å². The van der Waals surface area contributed by atoms with E-state index in [9.17, 15) is 13.2 Å². The van der Waals surface area contributed by atoms with E-state index in [0.717, 1.165) is 12.8 Å². The Morgan fingerprint density at radius 1 is 1.25 bits per heavy atom. The molecule has 16 heavy (non-hydrogen) atoms. The van der Waals surface area contributed by atoms with Gasteiger partial charge in [0.25, 0.3) is 0 Å². The third-order valence-electron chi connectivity index (χ3n) is 3.90. The van der Waals surface area contributed by atoms with Crippen molar-refractivity contribution in [1.82, 2.24) is 0 Å². The van der Waals surface area contributed by atoms with E-state index in [4.69, 9.17) is 4.74 Å². The van der Waals surface area contributed by atoms with E-state index in [0.29, 0.717) is 12.8 Å². The summed E-state index contributed by atoms with van der Waals surface area (Å²) in [4.78, 5) is 11.9. The molecule has 0 saturated heterocycles. The molecule has 2 rings (SSSR count). The molecule has 92 valence electrons. The van der Waals surface area contributed by atoms with E-state index in [-0.39, 0.29) is 17.8 Å². The standard InChI is InChI=1S/C11H18O4S/c1-3-15-9(12)11(16(13,14)4-2)7-10(8-11)5-6-10/h3-8H2,1-2H3. The van der Waals surface area contributed by atoms with Crippen LogP contribution in [0.4, 0.5) is 0 Å². The Morgan fingerprint density at radius 3 is 2.19 bits per heavy atom. The van der Waals surface area contributed by atoms with Crippen LogP contribution in [0, 0.1) is 5.41 Å². The molecule has 0 aromatic heterocycles. The van der Waals surface area contributed by atoms with Crippen molar-refractivity contribution in [3.8, 4) is 0 Å². The lowest BCUT2D eigenvalue weighted by molar-refractivity contribution is -0.151. The summed E-state index contributed by atoms with van der Waals surface area (Å²) in [6, 6.07) is 0. The predicted molar refractivity (Wildman–Crippen MR) is 59.7 cm³/mol. The summed E-state index contributed by atoms with van der Waals surface area (Å²) in [5, 5.41) is 0. The van der Waals surface area contributed by atoms with Gasteiger partial charge in [0, 0.05) is 5.75 Å². The third-order valence-corrected chi connectivity index (χ3v) is 6.31. The largest absolute Gasteiger partial charge is 0.465 e. The highest BCUT2D eigenvalue weighted by molar-refractivity contribution is 7.93. The summed E-state index contributed by atoms with van der Waals surface area (Å²) < 4.78 is 27.8. The second-order valence-electron chi connectivity index (χ2n) is 4.97. The Balaban J connectivity index is 2.25. The van der Waals surface area contributed by atoms with Crippen LogP contribution < -0.4 is 0 Å². The number of ether oxygens (including phenoxy) is 1. The molecule has 0 aromatic rings. The van der Waals surface area contributed by atoms with E-state index < -0.39 is 20.6 Å². The highest BCUT2D eigenvalue weighted by atomic mass is 32.2. The summed E-state index contributed by atoms with van der Waals surface area (Å²) in [6.45, 7) is 3.54. The third kappa shape index (κ3) is 1.48. The normalized spacial score (nSPS) is 24.9. The Labute approximate surface area is 96.3 Å². The van der Waals surface area contributed by atoms with Gasteiger partial charge in [-0.1, -0.05) is 6.92 Å². The minimum Gasteiger partial charge on any atom is -0.465 e. The molecule has 2 fully saturated rings. The lowest BCUT2D eigenvalue weighted by Crippen LogP contribution is -2.58. The number of carbonyl (C=O) groups excluding carboxylic acids is 1. The van der Waals surface area contributed by atoms with Crippen LogP contribution >= 0.6 is 0 Å². The summed E-state index contributed by atoms with van der Waals surface area (Å²) in [5.41, 5.74) is 0.162. The van der Waals surface area contributed by atoms with Gasteiger partial charge in [-0.05, 0) is 38.0 Å². The van der Waals surface area contributed by atoms with Gasteiger partial charge in [-0.2, -0.15) is 0 Å². The van der Waals surface area contributed by atoms with Crippen LogP contribution in [-0.2, 0) is 19.4 Å². The molecule has 0 aliphatic heterocycles. The monoisotopic (exact) mass is 246 g/mol. The van der Waals surface area contributed by atoms with Crippen molar-refractivity contribution in [2.45, 2.75) is 44.3 Å². The number of rotatable bonds is 4. The maximum absolute atomic E-state index is 12.0. The van der Waals surface area contributed by atoms with E-state index in [1.165, 1.54) is 0 Å². The first-order valence-electron chi connectivity index (χ1n) is 5.81. The molecule has 5 heteroatoms. The zero-order valence-corrected chi connectivity index (χ0v) is 10.6. The number of carbonyl (C=O) groups is 1. The predicted octanol–water partition coefficient (Wildman–Crippen LogP) is 1.30. The molecule has 4 nitrogen and oxygen atoms in total. The van der Waals surface area contributed by atoms with Gasteiger partial charge in [0.05, 0.1) is 6.61 Å².